The van der Waals surface area contributed by atoms with Gasteiger partial charge in [-0.25, -0.2) is 4.98 Å². The summed E-state index contributed by atoms with van der Waals surface area (Å²) >= 11 is 3.32. The first-order valence-corrected chi connectivity index (χ1v) is 11.0. The highest BCUT2D eigenvalue weighted by Gasteiger charge is 2.20. The summed E-state index contributed by atoms with van der Waals surface area (Å²) in [5, 5.41) is 0.721. The van der Waals surface area contributed by atoms with Crippen LogP contribution in [0.3, 0.4) is 0 Å². The summed E-state index contributed by atoms with van der Waals surface area (Å²) in [6.07, 6.45) is 2.93. The molecule has 0 saturated carbocycles. The highest BCUT2D eigenvalue weighted by Crippen LogP contribution is 2.30. The number of para-hydroxylation sites is 1. The van der Waals surface area contributed by atoms with Gasteiger partial charge in [0, 0.05) is 11.3 Å². The molecule has 28 heavy (non-hydrogen) atoms. The molecular formula is C22H20N2O2S2. The first-order chi connectivity index (χ1) is 13.8. The van der Waals surface area contributed by atoms with Crippen molar-refractivity contribution in [1.82, 2.24) is 4.98 Å². The van der Waals surface area contributed by atoms with E-state index in [-0.39, 0.29) is 5.91 Å². The summed E-state index contributed by atoms with van der Waals surface area (Å²) in [5.74, 6) is 1.74. The maximum atomic E-state index is 13.0. The molecule has 6 heteroatoms. The largest absolute Gasteiger partial charge is 0.467 e. The van der Waals surface area contributed by atoms with E-state index in [2.05, 4.69) is 17.1 Å². The van der Waals surface area contributed by atoms with Crippen molar-refractivity contribution in [3.05, 3.63) is 78.8 Å². The first-order valence-electron chi connectivity index (χ1n) is 9.16. The van der Waals surface area contributed by atoms with E-state index in [4.69, 9.17) is 4.42 Å². The summed E-state index contributed by atoms with van der Waals surface area (Å²) in [6, 6.07) is 22.0. The number of fused-ring (bicyclic) bond motifs is 1. The van der Waals surface area contributed by atoms with Crippen LogP contribution in [-0.4, -0.2) is 16.6 Å². The molecule has 2 aromatic carbocycles. The number of anilines is 1. The van der Waals surface area contributed by atoms with E-state index in [9.17, 15) is 4.79 Å². The van der Waals surface area contributed by atoms with Crippen molar-refractivity contribution in [1.29, 1.82) is 0 Å². The minimum atomic E-state index is 0.0733. The summed E-state index contributed by atoms with van der Waals surface area (Å²) in [6.45, 7) is 0.400. The second kappa shape index (κ2) is 9.08. The molecular weight excluding hydrogens is 388 g/mol. The van der Waals surface area contributed by atoms with Gasteiger partial charge in [-0.05, 0) is 48.6 Å². The van der Waals surface area contributed by atoms with Crippen LogP contribution in [0.1, 0.15) is 18.6 Å². The standard InChI is InChI=1S/C22H20N2O2S2/c25-21(13-7-15-27-18-9-2-1-3-10-18)24(16-17-8-6-14-26-17)22-23-19-11-4-5-12-20(19)28-22/h1-6,8-12,14H,7,13,15-16H2. The zero-order valence-electron chi connectivity index (χ0n) is 15.3. The Morgan fingerprint density at radius 3 is 2.64 bits per heavy atom. The van der Waals surface area contributed by atoms with Gasteiger partial charge in [-0.1, -0.05) is 41.7 Å². The summed E-state index contributed by atoms with van der Waals surface area (Å²) in [7, 11) is 0. The number of hydrogen-bond donors (Lipinski definition) is 0. The van der Waals surface area contributed by atoms with Crippen molar-refractivity contribution in [2.45, 2.75) is 24.3 Å². The normalized spacial score (nSPS) is 11.0. The SMILES string of the molecule is O=C(CCCSc1ccccc1)N(Cc1ccco1)c1nc2ccccc2s1. The molecule has 0 bridgehead atoms. The molecule has 2 aromatic heterocycles. The third-order valence-corrected chi connectivity index (χ3v) is 6.41. The van der Waals surface area contributed by atoms with Crippen LogP contribution in [0.4, 0.5) is 5.13 Å². The minimum absolute atomic E-state index is 0.0733. The topological polar surface area (TPSA) is 46.3 Å². The second-order valence-electron chi connectivity index (χ2n) is 6.29. The molecule has 4 aromatic rings. The Kier molecular flexibility index (Phi) is 6.09. The molecule has 1 amide bonds. The lowest BCUT2D eigenvalue weighted by molar-refractivity contribution is -0.118. The van der Waals surface area contributed by atoms with E-state index in [1.807, 2.05) is 54.6 Å². The maximum Gasteiger partial charge on any atom is 0.229 e. The molecule has 0 unspecified atom stereocenters. The van der Waals surface area contributed by atoms with Crippen molar-refractivity contribution < 1.29 is 9.21 Å². The highest BCUT2D eigenvalue weighted by atomic mass is 32.2. The molecule has 0 fully saturated rings. The van der Waals surface area contributed by atoms with Crippen LogP contribution in [0.25, 0.3) is 10.2 Å². The summed E-state index contributed by atoms with van der Waals surface area (Å²) < 4.78 is 6.55. The van der Waals surface area contributed by atoms with Gasteiger partial charge in [-0.2, -0.15) is 0 Å². The quantitative estimate of drug-likeness (QED) is 0.265. The van der Waals surface area contributed by atoms with Crippen LogP contribution in [0, 0.1) is 0 Å². The van der Waals surface area contributed by atoms with Crippen LogP contribution in [0.15, 0.2) is 82.3 Å². The van der Waals surface area contributed by atoms with Crippen LogP contribution in [0.5, 0.6) is 0 Å². The van der Waals surface area contributed by atoms with Gasteiger partial charge in [-0.15, -0.1) is 11.8 Å². The molecule has 0 spiro atoms. The van der Waals surface area contributed by atoms with E-state index < -0.39 is 0 Å². The summed E-state index contributed by atoms with van der Waals surface area (Å²) in [4.78, 5) is 20.6. The maximum absolute atomic E-state index is 13.0. The number of nitrogens with zero attached hydrogens (tertiary/aromatic N) is 2. The van der Waals surface area contributed by atoms with Crippen molar-refractivity contribution in [2.75, 3.05) is 10.7 Å². The Labute approximate surface area is 172 Å². The van der Waals surface area contributed by atoms with Gasteiger partial charge in [0.1, 0.15) is 5.76 Å². The molecule has 4 nitrogen and oxygen atoms in total. The zero-order valence-corrected chi connectivity index (χ0v) is 16.9. The molecule has 142 valence electrons. The second-order valence-corrected chi connectivity index (χ2v) is 8.47. The van der Waals surface area contributed by atoms with Gasteiger partial charge < -0.3 is 4.42 Å². The van der Waals surface area contributed by atoms with Gasteiger partial charge >= 0.3 is 0 Å². The van der Waals surface area contributed by atoms with E-state index in [1.165, 1.54) is 16.2 Å². The average molecular weight is 409 g/mol. The number of furan rings is 1. The van der Waals surface area contributed by atoms with Gasteiger partial charge in [-0.3, -0.25) is 9.69 Å². The van der Waals surface area contributed by atoms with Gasteiger partial charge in [0.05, 0.1) is 23.0 Å². The number of thioether (sulfide) groups is 1. The molecule has 0 aliphatic heterocycles. The van der Waals surface area contributed by atoms with E-state index in [0.717, 1.165) is 33.3 Å². The number of amides is 1. The lowest BCUT2D eigenvalue weighted by Crippen LogP contribution is -2.30. The molecule has 4 rings (SSSR count). The monoisotopic (exact) mass is 408 g/mol. The Bertz CT molecular complexity index is 996. The van der Waals surface area contributed by atoms with E-state index >= 15 is 0 Å². The number of aromatic nitrogens is 1. The third kappa shape index (κ3) is 4.64. The number of carbonyl (C=O) groups is 1. The Hall–Kier alpha value is -2.57. The fraction of sp³-hybridized carbons (Fsp3) is 0.182. The Morgan fingerprint density at radius 1 is 1.04 bits per heavy atom. The Morgan fingerprint density at radius 2 is 1.86 bits per heavy atom. The third-order valence-electron chi connectivity index (χ3n) is 4.26. The van der Waals surface area contributed by atoms with E-state index in [1.54, 1.807) is 22.9 Å². The van der Waals surface area contributed by atoms with Gasteiger partial charge in [0.2, 0.25) is 5.91 Å². The molecule has 0 radical (unpaired) electrons. The highest BCUT2D eigenvalue weighted by molar-refractivity contribution is 7.99. The van der Waals surface area contributed by atoms with Crippen molar-refractivity contribution >= 4 is 44.4 Å². The molecule has 0 aliphatic carbocycles. The van der Waals surface area contributed by atoms with Crippen LogP contribution >= 0.6 is 23.1 Å². The molecule has 2 heterocycles. The number of benzene rings is 2. The first kappa shape index (κ1) is 18.8. The van der Waals surface area contributed by atoms with Crippen LogP contribution in [-0.2, 0) is 11.3 Å². The summed E-state index contributed by atoms with van der Waals surface area (Å²) in [5.41, 5.74) is 0.916. The number of hydrogen-bond acceptors (Lipinski definition) is 5. The fourth-order valence-electron chi connectivity index (χ4n) is 2.86. The fourth-order valence-corrected chi connectivity index (χ4v) is 4.72. The molecule has 0 aliphatic rings. The lowest BCUT2D eigenvalue weighted by Gasteiger charge is -2.18. The van der Waals surface area contributed by atoms with Crippen molar-refractivity contribution in [3.63, 3.8) is 0 Å². The predicted octanol–water partition coefficient (Wildman–Crippen LogP) is 6.00. The van der Waals surface area contributed by atoms with Crippen molar-refractivity contribution in [3.8, 4) is 0 Å². The molecule has 0 atom stereocenters. The van der Waals surface area contributed by atoms with Crippen LogP contribution < -0.4 is 4.90 Å². The number of carbonyl (C=O) groups excluding carboxylic acids is 1. The number of thiazole rings is 1. The average Bonchev–Trinajstić information content (AvgIpc) is 3.39. The minimum Gasteiger partial charge on any atom is -0.467 e. The Balaban J connectivity index is 1.44. The predicted molar refractivity (Wildman–Crippen MR) is 116 cm³/mol. The van der Waals surface area contributed by atoms with Gasteiger partial charge in [0.15, 0.2) is 5.13 Å². The number of rotatable bonds is 8. The molecule has 0 N–H and O–H groups in total. The lowest BCUT2D eigenvalue weighted by atomic mass is 10.3. The zero-order chi connectivity index (χ0) is 19.2. The van der Waals surface area contributed by atoms with Gasteiger partial charge in [0.25, 0.3) is 0 Å². The van der Waals surface area contributed by atoms with Crippen LogP contribution in [0.2, 0.25) is 0 Å². The smallest absolute Gasteiger partial charge is 0.229 e. The van der Waals surface area contributed by atoms with E-state index in [0.29, 0.717) is 13.0 Å². The molecule has 0 saturated heterocycles. The van der Waals surface area contributed by atoms with Crippen molar-refractivity contribution in [2.24, 2.45) is 0 Å².